The Bertz CT molecular complexity index is 520. The number of aromatic carboxylic acids is 2. The SMILES string of the molecule is Cc1[nH]ncc1C(=O)[O-].Cc1[nH]ncc1C(=O)[O-].[Cd+2].[OH3+].[OH3+].[OH3+].[OH3+]. The fourth-order valence-corrected chi connectivity index (χ4v) is 1.11. The number of rotatable bonds is 2. The van der Waals surface area contributed by atoms with Crippen LogP contribution in [0.15, 0.2) is 12.4 Å². The molecule has 2 heterocycles. The molecule has 0 saturated heterocycles. The molecule has 2 aromatic heterocycles. The van der Waals surface area contributed by atoms with Gasteiger partial charge in [-0.3, -0.25) is 10.2 Å². The maximum atomic E-state index is 10.1. The van der Waals surface area contributed by atoms with Gasteiger partial charge in [0.05, 0.1) is 24.3 Å². The van der Waals surface area contributed by atoms with Crippen molar-refractivity contribution >= 4 is 11.9 Å². The van der Waals surface area contributed by atoms with Gasteiger partial charge in [-0.25, -0.2) is 0 Å². The van der Waals surface area contributed by atoms with E-state index in [0.717, 1.165) is 0 Å². The number of nitrogens with one attached hydrogen (secondary N) is 2. The Morgan fingerprint density at radius 1 is 0.826 bits per heavy atom. The summed E-state index contributed by atoms with van der Waals surface area (Å²) in [6.45, 7) is 3.25. The van der Waals surface area contributed by atoms with Gasteiger partial charge >= 0.3 is 27.3 Å². The third kappa shape index (κ3) is 9.68. The number of carboxylic acid groups (broad SMARTS) is 2. The zero-order valence-corrected chi connectivity index (χ0v) is 16.7. The van der Waals surface area contributed by atoms with Crippen molar-refractivity contribution in [2.45, 2.75) is 13.8 Å². The summed E-state index contributed by atoms with van der Waals surface area (Å²) in [5.41, 5.74) is 1.29. The summed E-state index contributed by atoms with van der Waals surface area (Å²) < 4.78 is 0. The third-order valence-electron chi connectivity index (χ3n) is 2.10. The Morgan fingerprint density at radius 2 is 1.09 bits per heavy atom. The zero-order chi connectivity index (χ0) is 13.7. The standard InChI is InChI=1S/2C5H6N2O2.Cd.4H2O/c2*1-3-4(5(8)9)2-6-7-3;;;;;/h2*2H,1H3,(H,6,7)(H,8,9);;4*1H2/q;;+2;;;;/p+2. The first-order chi connectivity index (χ1) is 8.43. The van der Waals surface area contributed by atoms with E-state index in [-0.39, 0.29) is 60.3 Å². The molecule has 0 atom stereocenters. The molecule has 2 rings (SSSR count). The van der Waals surface area contributed by atoms with E-state index in [4.69, 9.17) is 0 Å². The van der Waals surface area contributed by atoms with Crippen molar-refractivity contribution in [3.05, 3.63) is 34.9 Å². The number of H-pyrrole nitrogens is 2. The van der Waals surface area contributed by atoms with Gasteiger partial charge in [0.25, 0.3) is 0 Å². The predicted molar refractivity (Wildman–Crippen MR) is 74.8 cm³/mol. The summed E-state index contributed by atoms with van der Waals surface area (Å²) in [7, 11) is 0. The van der Waals surface area contributed by atoms with Crippen LogP contribution in [0.5, 0.6) is 0 Å². The first-order valence-corrected chi connectivity index (χ1v) is 4.86. The number of carbonyl (C=O) groups is 2. The van der Waals surface area contributed by atoms with Crippen molar-refractivity contribution in [1.82, 2.24) is 20.4 Å². The van der Waals surface area contributed by atoms with Gasteiger partial charge < -0.3 is 41.7 Å². The van der Waals surface area contributed by atoms with Crippen molar-refractivity contribution in [1.29, 1.82) is 0 Å². The molecule has 0 radical (unpaired) electrons. The summed E-state index contributed by atoms with van der Waals surface area (Å²) in [5, 5.41) is 32.2. The van der Waals surface area contributed by atoms with E-state index in [1.165, 1.54) is 12.4 Å². The molecule has 0 aliphatic rings. The second-order valence-corrected chi connectivity index (χ2v) is 3.39. The largest absolute Gasteiger partial charge is 2.00 e. The number of nitrogens with zero attached hydrogens (tertiary/aromatic N) is 2. The van der Waals surface area contributed by atoms with Crippen LogP contribution in [-0.2, 0) is 49.2 Å². The average molecular weight is 439 g/mol. The molecule has 0 amide bonds. The van der Waals surface area contributed by atoms with E-state index in [1.807, 2.05) is 0 Å². The Kier molecular flexibility index (Phi) is 21.5. The summed E-state index contributed by atoms with van der Waals surface area (Å²) in [5.74, 6) is -2.39. The number of hydrogen-bond acceptors (Lipinski definition) is 6. The molecular formula is C10H22CdN4O8+4. The average Bonchev–Trinajstić information content (AvgIpc) is 2.87. The molecule has 12 nitrogen and oxygen atoms in total. The van der Waals surface area contributed by atoms with E-state index < -0.39 is 11.9 Å². The number of aryl methyl sites for hydroxylation is 2. The number of carbonyl (C=O) groups excluding carboxylic acids is 2. The number of aromatic amines is 2. The van der Waals surface area contributed by atoms with Crippen LogP contribution in [0.25, 0.3) is 0 Å². The number of hydrogen-bond donors (Lipinski definition) is 2. The maximum absolute atomic E-state index is 10.1. The molecule has 0 bridgehead atoms. The number of carboxylic acids is 2. The first kappa shape index (κ1) is 32.9. The minimum Gasteiger partial charge on any atom is -0.545 e. The molecule has 0 unspecified atom stereocenters. The molecule has 23 heavy (non-hydrogen) atoms. The second-order valence-electron chi connectivity index (χ2n) is 3.39. The van der Waals surface area contributed by atoms with Gasteiger partial charge in [-0.1, -0.05) is 0 Å². The van der Waals surface area contributed by atoms with Crippen molar-refractivity contribution in [2.24, 2.45) is 0 Å². The monoisotopic (exact) mass is 440 g/mol. The maximum Gasteiger partial charge on any atom is 2.00 e. The molecule has 0 aliphatic carbocycles. The fourth-order valence-electron chi connectivity index (χ4n) is 1.11. The second kappa shape index (κ2) is 15.0. The van der Waals surface area contributed by atoms with E-state index >= 15 is 0 Å². The van der Waals surface area contributed by atoms with Crippen molar-refractivity contribution < 1.29 is 69.0 Å². The molecule has 13 heteroatoms. The normalized spacial score (nSPS) is 7.39. The van der Waals surface area contributed by atoms with Gasteiger partial charge in [-0.05, 0) is 13.8 Å². The Morgan fingerprint density at radius 3 is 1.17 bits per heavy atom. The van der Waals surface area contributed by atoms with Crippen LogP contribution in [-0.4, -0.2) is 32.3 Å². The molecular weight excluding hydrogens is 417 g/mol. The Hall–Kier alpha value is -1.88. The van der Waals surface area contributed by atoms with Gasteiger partial charge in [0, 0.05) is 22.5 Å². The summed E-state index contributed by atoms with van der Waals surface area (Å²) in [4.78, 5) is 20.2. The molecule has 128 valence electrons. The zero-order valence-electron chi connectivity index (χ0n) is 12.7. The quantitative estimate of drug-likeness (QED) is 0.340. The molecule has 2 aromatic rings. The molecule has 0 aromatic carbocycles. The summed E-state index contributed by atoms with van der Waals surface area (Å²) >= 11 is 0. The first-order valence-electron chi connectivity index (χ1n) is 4.86. The van der Waals surface area contributed by atoms with Crippen molar-refractivity contribution in [2.75, 3.05) is 0 Å². The van der Waals surface area contributed by atoms with E-state index in [1.54, 1.807) is 13.8 Å². The fraction of sp³-hybridized carbons (Fsp3) is 0.200. The van der Waals surface area contributed by atoms with Crippen LogP contribution in [0, 0.1) is 13.8 Å². The van der Waals surface area contributed by atoms with Gasteiger partial charge in [0.15, 0.2) is 0 Å². The van der Waals surface area contributed by atoms with Gasteiger partial charge in [0.1, 0.15) is 0 Å². The van der Waals surface area contributed by atoms with Gasteiger partial charge in [-0.15, -0.1) is 0 Å². The van der Waals surface area contributed by atoms with E-state index in [9.17, 15) is 19.8 Å². The predicted octanol–water partition coefficient (Wildman–Crippen LogP) is -5.53. The molecule has 0 saturated carbocycles. The third-order valence-corrected chi connectivity index (χ3v) is 2.10. The molecule has 0 fully saturated rings. The van der Waals surface area contributed by atoms with Crippen LogP contribution < -0.4 is 10.2 Å². The molecule has 0 spiro atoms. The summed E-state index contributed by atoms with van der Waals surface area (Å²) in [6.07, 6.45) is 2.45. The Balaban J connectivity index is -0.0000000771. The van der Waals surface area contributed by atoms with Crippen molar-refractivity contribution in [3.63, 3.8) is 0 Å². The van der Waals surface area contributed by atoms with Crippen LogP contribution in [0.2, 0.25) is 0 Å². The van der Waals surface area contributed by atoms with Gasteiger partial charge in [0.2, 0.25) is 0 Å². The smallest absolute Gasteiger partial charge is 0.545 e. The molecule has 14 N–H and O–H groups in total. The van der Waals surface area contributed by atoms with Gasteiger partial charge in [-0.2, -0.15) is 10.2 Å². The Labute approximate surface area is 150 Å². The molecule has 0 aliphatic heterocycles. The number of aromatic nitrogens is 4. The van der Waals surface area contributed by atoms with Crippen LogP contribution in [0.1, 0.15) is 32.1 Å². The minimum absolute atomic E-state index is 0. The van der Waals surface area contributed by atoms with Crippen LogP contribution >= 0.6 is 0 Å². The summed E-state index contributed by atoms with van der Waals surface area (Å²) in [6, 6.07) is 0. The van der Waals surface area contributed by atoms with Crippen molar-refractivity contribution in [3.8, 4) is 0 Å². The topological polar surface area (TPSA) is 270 Å². The van der Waals surface area contributed by atoms with E-state index in [0.29, 0.717) is 11.4 Å². The minimum atomic E-state index is -1.19. The van der Waals surface area contributed by atoms with Crippen LogP contribution in [0.3, 0.4) is 0 Å². The van der Waals surface area contributed by atoms with E-state index in [2.05, 4.69) is 20.4 Å². The van der Waals surface area contributed by atoms with Crippen LogP contribution in [0.4, 0.5) is 0 Å².